The molecule has 3 N–H and O–H groups in total. The average Bonchev–Trinajstić information content (AvgIpc) is 3.40. The number of aliphatic hydroxyl groups is 1. The number of pyridine rings is 1. The number of nitrogens with one attached hydrogen (secondary N) is 1. The number of fused-ring (bicyclic) bond motifs is 1. The van der Waals surface area contributed by atoms with Crippen molar-refractivity contribution < 1.29 is 19.7 Å². The molecule has 0 bridgehead atoms. The predicted molar refractivity (Wildman–Crippen MR) is 119 cm³/mol. The molecule has 2 saturated carbocycles. The fourth-order valence-corrected chi connectivity index (χ4v) is 4.71. The van der Waals surface area contributed by atoms with Gasteiger partial charge >= 0.3 is 6.09 Å². The molecule has 1 aromatic heterocycles. The topological polar surface area (TPSA) is 98.2 Å². The van der Waals surface area contributed by atoms with E-state index in [2.05, 4.69) is 26.2 Å². The monoisotopic (exact) mass is 432 g/mol. The molecular formula is C23H36N4O4. The van der Waals surface area contributed by atoms with Gasteiger partial charge in [0, 0.05) is 50.4 Å². The van der Waals surface area contributed by atoms with E-state index in [1.807, 2.05) is 6.20 Å². The van der Waals surface area contributed by atoms with E-state index in [1.54, 1.807) is 0 Å². The summed E-state index contributed by atoms with van der Waals surface area (Å²) in [6.45, 7) is 6.07. The van der Waals surface area contributed by atoms with Gasteiger partial charge in [-0.15, -0.1) is 0 Å². The van der Waals surface area contributed by atoms with Crippen LogP contribution < -0.4 is 15.0 Å². The molecule has 31 heavy (non-hydrogen) atoms. The summed E-state index contributed by atoms with van der Waals surface area (Å²) in [5.74, 6) is 2.76. The SMILES string of the molecule is O=C(O)NC1CCC(CCN2CCN(c3nccc4c3OCC4)CC2)CC1.OC1CC1. The Morgan fingerprint density at radius 3 is 2.48 bits per heavy atom. The van der Waals surface area contributed by atoms with Crippen molar-refractivity contribution in [3.63, 3.8) is 0 Å². The van der Waals surface area contributed by atoms with Crippen LogP contribution in [0.1, 0.15) is 50.5 Å². The van der Waals surface area contributed by atoms with E-state index in [-0.39, 0.29) is 12.1 Å². The Balaban J connectivity index is 0.000000520. The summed E-state index contributed by atoms with van der Waals surface area (Å²) in [5.41, 5.74) is 1.29. The Bertz CT molecular complexity index is 726. The van der Waals surface area contributed by atoms with E-state index in [0.29, 0.717) is 0 Å². The highest BCUT2D eigenvalue weighted by Crippen LogP contribution is 2.34. The molecule has 3 heterocycles. The van der Waals surface area contributed by atoms with Gasteiger partial charge < -0.3 is 25.2 Å². The van der Waals surface area contributed by atoms with Crippen molar-refractivity contribution >= 4 is 11.9 Å². The minimum Gasteiger partial charge on any atom is -0.489 e. The molecule has 2 aliphatic heterocycles. The molecule has 1 amide bonds. The lowest BCUT2D eigenvalue weighted by atomic mass is 9.84. The van der Waals surface area contributed by atoms with Gasteiger partial charge in [-0.2, -0.15) is 0 Å². The molecule has 0 radical (unpaired) electrons. The lowest BCUT2D eigenvalue weighted by molar-refractivity contribution is 0.177. The number of aromatic nitrogens is 1. The first-order chi connectivity index (χ1) is 15.1. The Labute approximate surface area is 184 Å². The fraction of sp³-hybridized carbons (Fsp3) is 0.739. The molecule has 1 aromatic rings. The highest BCUT2D eigenvalue weighted by atomic mass is 16.5. The summed E-state index contributed by atoms with van der Waals surface area (Å²) < 4.78 is 5.81. The van der Waals surface area contributed by atoms with Crippen LogP contribution in [0.2, 0.25) is 0 Å². The molecule has 8 nitrogen and oxygen atoms in total. The first-order valence-electron chi connectivity index (χ1n) is 11.8. The van der Waals surface area contributed by atoms with Crippen molar-refractivity contribution in [2.45, 2.75) is 63.5 Å². The zero-order chi connectivity index (χ0) is 21.6. The number of piperazine rings is 1. The highest BCUT2D eigenvalue weighted by Gasteiger charge is 2.26. The van der Waals surface area contributed by atoms with Crippen LogP contribution in [0.4, 0.5) is 10.6 Å². The maximum Gasteiger partial charge on any atom is 0.404 e. The van der Waals surface area contributed by atoms with Crippen molar-refractivity contribution in [3.05, 3.63) is 17.8 Å². The molecule has 8 heteroatoms. The normalized spacial score (nSPS) is 25.8. The van der Waals surface area contributed by atoms with E-state index >= 15 is 0 Å². The maximum absolute atomic E-state index is 10.7. The van der Waals surface area contributed by atoms with Crippen LogP contribution in [-0.2, 0) is 6.42 Å². The van der Waals surface area contributed by atoms with Gasteiger partial charge in [-0.1, -0.05) is 0 Å². The molecule has 2 aliphatic carbocycles. The van der Waals surface area contributed by atoms with Crippen LogP contribution in [0.25, 0.3) is 0 Å². The third-order valence-electron chi connectivity index (χ3n) is 6.83. The fourth-order valence-electron chi connectivity index (χ4n) is 4.71. The van der Waals surface area contributed by atoms with E-state index in [9.17, 15) is 4.79 Å². The van der Waals surface area contributed by atoms with Gasteiger partial charge in [0.15, 0.2) is 11.6 Å². The number of amides is 1. The number of ether oxygens (including phenoxy) is 1. The van der Waals surface area contributed by atoms with Gasteiger partial charge in [-0.05, 0) is 63.5 Å². The summed E-state index contributed by atoms with van der Waals surface area (Å²) >= 11 is 0. The van der Waals surface area contributed by atoms with E-state index in [0.717, 1.165) is 102 Å². The average molecular weight is 433 g/mol. The minimum atomic E-state index is -0.889. The van der Waals surface area contributed by atoms with Crippen molar-refractivity contribution in [3.8, 4) is 5.75 Å². The first-order valence-corrected chi connectivity index (χ1v) is 11.8. The molecule has 0 spiro atoms. The van der Waals surface area contributed by atoms with E-state index < -0.39 is 6.09 Å². The third kappa shape index (κ3) is 6.46. The van der Waals surface area contributed by atoms with Crippen LogP contribution in [-0.4, -0.2) is 77.7 Å². The molecule has 4 aliphatic rings. The Morgan fingerprint density at radius 1 is 1.13 bits per heavy atom. The number of hydrogen-bond acceptors (Lipinski definition) is 6. The molecular weight excluding hydrogens is 396 g/mol. The van der Waals surface area contributed by atoms with E-state index in [1.165, 1.54) is 12.0 Å². The molecule has 0 atom stereocenters. The van der Waals surface area contributed by atoms with Gasteiger partial charge in [0.2, 0.25) is 0 Å². The van der Waals surface area contributed by atoms with Crippen molar-refractivity contribution in [2.75, 3.05) is 44.2 Å². The summed E-state index contributed by atoms with van der Waals surface area (Å²) in [7, 11) is 0. The molecule has 0 aromatic carbocycles. The Hall–Kier alpha value is -2.06. The van der Waals surface area contributed by atoms with Crippen LogP contribution in [0.15, 0.2) is 12.3 Å². The smallest absolute Gasteiger partial charge is 0.404 e. The summed E-state index contributed by atoms with van der Waals surface area (Å²) in [6, 6.07) is 2.23. The first kappa shape index (κ1) is 22.1. The van der Waals surface area contributed by atoms with Crippen molar-refractivity contribution in [1.82, 2.24) is 15.2 Å². The van der Waals surface area contributed by atoms with Gasteiger partial charge in [-0.3, -0.25) is 4.90 Å². The molecule has 3 fully saturated rings. The second kappa shape index (κ2) is 10.5. The van der Waals surface area contributed by atoms with Crippen LogP contribution >= 0.6 is 0 Å². The maximum atomic E-state index is 10.7. The number of carbonyl (C=O) groups is 1. The highest BCUT2D eigenvalue weighted by molar-refractivity contribution is 5.64. The largest absolute Gasteiger partial charge is 0.489 e. The predicted octanol–water partition coefficient (Wildman–Crippen LogP) is 2.50. The van der Waals surface area contributed by atoms with Crippen molar-refractivity contribution in [1.29, 1.82) is 0 Å². The third-order valence-corrected chi connectivity index (χ3v) is 6.83. The molecule has 1 saturated heterocycles. The standard InChI is InChI=1S/C20H30N4O3.C3H6O/c25-20(26)22-17-3-1-15(2-4-17)6-9-23-10-12-24(13-11-23)19-18-16(5-8-21-19)7-14-27-18;4-3-1-2-3/h5,8,15,17,22H,1-4,6-7,9-14H2,(H,25,26);3-4H,1-2H2. The quantitative estimate of drug-likeness (QED) is 0.658. The Morgan fingerprint density at radius 2 is 1.84 bits per heavy atom. The lowest BCUT2D eigenvalue weighted by Gasteiger charge is -2.37. The van der Waals surface area contributed by atoms with Crippen molar-refractivity contribution in [2.24, 2.45) is 5.92 Å². The van der Waals surface area contributed by atoms with Gasteiger partial charge in [0.25, 0.3) is 0 Å². The number of carboxylic acid groups (broad SMARTS) is 1. The summed E-state index contributed by atoms with van der Waals surface area (Å²) in [6.07, 6.45) is 9.65. The van der Waals surface area contributed by atoms with Gasteiger partial charge in [-0.25, -0.2) is 9.78 Å². The minimum absolute atomic E-state index is 0.0833. The van der Waals surface area contributed by atoms with Gasteiger partial charge in [0.1, 0.15) is 0 Å². The molecule has 5 rings (SSSR count). The number of anilines is 1. The zero-order valence-corrected chi connectivity index (χ0v) is 18.3. The molecule has 172 valence electrons. The number of aliphatic hydroxyl groups excluding tert-OH is 1. The Kier molecular flexibility index (Phi) is 7.50. The zero-order valence-electron chi connectivity index (χ0n) is 18.3. The van der Waals surface area contributed by atoms with Crippen LogP contribution in [0, 0.1) is 5.92 Å². The van der Waals surface area contributed by atoms with Crippen LogP contribution in [0.5, 0.6) is 5.75 Å². The van der Waals surface area contributed by atoms with E-state index in [4.69, 9.17) is 14.9 Å². The number of nitrogens with zero attached hydrogens (tertiary/aromatic N) is 3. The lowest BCUT2D eigenvalue weighted by Crippen LogP contribution is -2.47. The van der Waals surface area contributed by atoms with Crippen LogP contribution in [0.3, 0.4) is 0 Å². The van der Waals surface area contributed by atoms with Gasteiger partial charge in [0.05, 0.1) is 12.7 Å². The number of hydrogen-bond donors (Lipinski definition) is 3. The number of rotatable bonds is 5. The summed E-state index contributed by atoms with van der Waals surface area (Å²) in [5, 5.41) is 19.6. The summed E-state index contributed by atoms with van der Waals surface area (Å²) in [4.78, 5) is 20.2. The second-order valence-corrected chi connectivity index (χ2v) is 9.24. The molecule has 0 unspecified atom stereocenters. The second-order valence-electron chi connectivity index (χ2n) is 9.24.